The lowest BCUT2D eigenvalue weighted by Gasteiger charge is -2.34. The third kappa shape index (κ3) is 4.27. The van der Waals surface area contributed by atoms with Crippen LogP contribution in [0.1, 0.15) is 52.5 Å². The molecule has 0 spiro atoms. The summed E-state index contributed by atoms with van der Waals surface area (Å²) in [6, 6.07) is 9.65. The zero-order valence-corrected chi connectivity index (χ0v) is 17.7. The van der Waals surface area contributed by atoms with Crippen LogP contribution in [-0.4, -0.2) is 46.7 Å². The number of aliphatic hydroxyl groups excluding tert-OH is 1. The van der Waals surface area contributed by atoms with Crippen LogP contribution in [0.4, 0.5) is 0 Å². The van der Waals surface area contributed by atoms with Gasteiger partial charge in [-0.2, -0.15) is 0 Å². The van der Waals surface area contributed by atoms with Gasteiger partial charge in [-0.3, -0.25) is 0 Å². The minimum absolute atomic E-state index is 0.134. The van der Waals surface area contributed by atoms with E-state index >= 15 is 0 Å². The Morgan fingerprint density at radius 1 is 1.21 bits per heavy atom. The maximum atomic E-state index is 12.6. The van der Waals surface area contributed by atoms with E-state index in [9.17, 15) is 9.90 Å². The summed E-state index contributed by atoms with van der Waals surface area (Å²) in [6.45, 7) is 8.27. The largest absolute Gasteiger partial charge is 0.459 e. The molecule has 2 saturated heterocycles. The van der Waals surface area contributed by atoms with Crippen molar-refractivity contribution >= 4 is 12.0 Å². The van der Waals surface area contributed by atoms with E-state index in [1.807, 2.05) is 30.3 Å². The number of epoxide rings is 2. The van der Waals surface area contributed by atoms with Gasteiger partial charge in [-0.1, -0.05) is 44.2 Å². The minimum atomic E-state index is -0.671. The second kappa shape index (κ2) is 7.53. The number of carbonyl (C=O) groups is 1. The number of ether oxygens (including phenoxy) is 3. The second-order valence-electron chi connectivity index (χ2n) is 9.54. The lowest BCUT2D eigenvalue weighted by molar-refractivity contribution is -0.152. The van der Waals surface area contributed by atoms with E-state index in [-0.39, 0.29) is 35.2 Å². The van der Waals surface area contributed by atoms with Crippen molar-refractivity contribution in [3.63, 3.8) is 0 Å². The first-order valence-corrected chi connectivity index (χ1v) is 10.7. The Bertz CT molecular complexity index is 775. The monoisotopic (exact) mass is 400 g/mol. The molecule has 5 nitrogen and oxygen atoms in total. The molecule has 4 rings (SSSR count). The number of carbonyl (C=O) groups excluding carboxylic acids is 1. The van der Waals surface area contributed by atoms with Gasteiger partial charge in [0.05, 0.1) is 23.4 Å². The lowest BCUT2D eigenvalue weighted by atomic mass is 9.76. The predicted octanol–water partition coefficient (Wildman–Crippen LogP) is 3.74. The van der Waals surface area contributed by atoms with Gasteiger partial charge >= 0.3 is 5.97 Å². The van der Waals surface area contributed by atoms with E-state index in [0.29, 0.717) is 6.42 Å². The van der Waals surface area contributed by atoms with Crippen molar-refractivity contribution in [1.29, 1.82) is 0 Å². The molecule has 0 radical (unpaired) electrons. The molecule has 3 fully saturated rings. The van der Waals surface area contributed by atoms with Crippen LogP contribution in [0.25, 0.3) is 6.08 Å². The maximum absolute atomic E-state index is 12.6. The number of rotatable bonds is 4. The van der Waals surface area contributed by atoms with E-state index in [0.717, 1.165) is 18.4 Å². The Hall–Kier alpha value is -1.69. The third-order valence-electron chi connectivity index (χ3n) is 6.87. The van der Waals surface area contributed by atoms with Crippen LogP contribution in [0.5, 0.6) is 0 Å². The molecule has 1 aliphatic carbocycles. The maximum Gasteiger partial charge on any atom is 0.331 e. The summed E-state index contributed by atoms with van der Waals surface area (Å²) in [6.07, 6.45) is 4.43. The van der Waals surface area contributed by atoms with Gasteiger partial charge in [0.25, 0.3) is 0 Å². The van der Waals surface area contributed by atoms with Crippen molar-refractivity contribution < 1.29 is 24.1 Å². The molecule has 0 unspecified atom stereocenters. The fourth-order valence-electron chi connectivity index (χ4n) is 4.96. The molecule has 1 N–H and O–H groups in total. The van der Waals surface area contributed by atoms with Gasteiger partial charge in [-0.25, -0.2) is 4.79 Å². The van der Waals surface area contributed by atoms with Gasteiger partial charge in [0.2, 0.25) is 0 Å². The molecular formula is C24H32O5. The Morgan fingerprint density at radius 3 is 2.62 bits per heavy atom. The van der Waals surface area contributed by atoms with E-state index in [2.05, 4.69) is 27.7 Å². The number of fused-ring (bicyclic) bond motifs is 2. The first kappa shape index (κ1) is 20.6. The number of hydrogen-bond acceptors (Lipinski definition) is 5. The van der Waals surface area contributed by atoms with Crippen LogP contribution in [0.2, 0.25) is 0 Å². The van der Waals surface area contributed by atoms with Crippen molar-refractivity contribution in [2.24, 2.45) is 11.8 Å². The topological polar surface area (TPSA) is 71.6 Å². The molecule has 1 saturated carbocycles. The van der Waals surface area contributed by atoms with Gasteiger partial charge < -0.3 is 19.3 Å². The van der Waals surface area contributed by atoms with Crippen molar-refractivity contribution in [1.82, 2.24) is 0 Å². The van der Waals surface area contributed by atoms with Crippen LogP contribution in [0.15, 0.2) is 36.4 Å². The molecule has 2 heterocycles. The van der Waals surface area contributed by atoms with Gasteiger partial charge in [0, 0.05) is 18.4 Å². The molecule has 2 aliphatic heterocycles. The fourth-order valence-corrected chi connectivity index (χ4v) is 4.96. The first-order chi connectivity index (χ1) is 13.7. The SMILES string of the molecule is CC(C)[C@H]1[C@@H](O)[C@H]2O[C@@]2(C)CC[C@@H]2O[C@]2(C)C[C@H]1OC(=O)C=Cc1ccccc1. The molecule has 29 heavy (non-hydrogen) atoms. The predicted molar refractivity (Wildman–Crippen MR) is 110 cm³/mol. The Balaban J connectivity index is 1.54. The van der Waals surface area contributed by atoms with Crippen LogP contribution >= 0.6 is 0 Å². The average molecular weight is 401 g/mol. The van der Waals surface area contributed by atoms with Gasteiger partial charge in [0.1, 0.15) is 12.2 Å². The molecule has 3 aliphatic rings. The normalized spacial score (nSPS) is 41.5. The highest BCUT2D eigenvalue weighted by Gasteiger charge is 2.63. The summed E-state index contributed by atoms with van der Waals surface area (Å²) in [4.78, 5) is 12.6. The summed E-state index contributed by atoms with van der Waals surface area (Å²) in [5, 5.41) is 11.1. The van der Waals surface area contributed by atoms with Crippen molar-refractivity contribution in [3.8, 4) is 0 Å². The highest BCUT2D eigenvalue weighted by Crippen LogP contribution is 2.52. The van der Waals surface area contributed by atoms with Gasteiger partial charge in [-0.05, 0) is 44.2 Å². The molecule has 5 heteroatoms. The molecule has 1 aromatic carbocycles. The van der Waals surface area contributed by atoms with Gasteiger partial charge in [-0.15, -0.1) is 0 Å². The van der Waals surface area contributed by atoms with E-state index in [4.69, 9.17) is 14.2 Å². The molecule has 0 bridgehead atoms. The Labute approximate surface area is 173 Å². The molecule has 0 aromatic heterocycles. The van der Waals surface area contributed by atoms with Crippen molar-refractivity contribution in [2.45, 2.75) is 82.6 Å². The zero-order chi connectivity index (χ0) is 20.8. The van der Waals surface area contributed by atoms with Crippen LogP contribution in [0, 0.1) is 11.8 Å². The van der Waals surface area contributed by atoms with E-state index in [1.54, 1.807) is 6.08 Å². The van der Waals surface area contributed by atoms with E-state index < -0.39 is 18.2 Å². The van der Waals surface area contributed by atoms with Crippen LogP contribution < -0.4 is 0 Å². The fraction of sp³-hybridized carbons (Fsp3) is 0.625. The second-order valence-corrected chi connectivity index (χ2v) is 9.54. The lowest BCUT2D eigenvalue weighted by Crippen LogP contribution is -2.45. The Kier molecular flexibility index (Phi) is 5.34. The standard InChI is InChI=1S/C24H32O5/c1-15(2)20-17(27-19(25)11-10-16-8-6-5-7-9-16)14-24(4)18(28-24)12-13-23(3)22(29-23)21(20)26/h5-11,15,17-18,20-22,26H,12-14H2,1-4H3/t17-,18+,20-,21-,22-,23+,24-/m1/s1. The van der Waals surface area contributed by atoms with Crippen molar-refractivity contribution in [3.05, 3.63) is 42.0 Å². The minimum Gasteiger partial charge on any atom is -0.459 e. The summed E-state index contributed by atoms with van der Waals surface area (Å²) in [5.41, 5.74) is 0.327. The third-order valence-corrected chi connectivity index (χ3v) is 6.87. The number of esters is 1. The van der Waals surface area contributed by atoms with Gasteiger partial charge in [0.15, 0.2) is 0 Å². The molecule has 158 valence electrons. The first-order valence-electron chi connectivity index (χ1n) is 10.7. The van der Waals surface area contributed by atoms with E-state index in [1.165, 1.54) is 6.08 Å². The number of aliphatic hydroxyl groups is 1. The molecule has 7 atom stereocenters. The van der Waals surface area contributed by atoms with Crippen LogP contribution in [0.3, 0.4) is 0 Å². The summed E-state index contributed by atoms with van der Waals surface area (Å²) >= 11 is 0. The van der Waals surface area contributed by atoms with Crippen molar-refractivity contribution in [2.75, 3.05) is 0 Å². The molecule has 1 aromatic rings. The Morgan fingerprint density at radius 2 is 1.93 bits per heavy atom. The quantitative estimate of drug-likeness (QED) is 0.474. The highest BCUT2D eigenvalue weighted by atomic mass is 16.6. The highest BCUT2D eigenvalue weighted by molar-refractivity contribution is 5.87. The zero-order valence-electron chi connectivity index (χ0n) is 17.7. The number of benzene rings is 1. The van der Waals surface area contributed by atoms with Crippen LogP contribution in [-0.2, 0) is 19.0 Å². The molecular weight excluding hydrogens is 368 g/mol. The summed E-state index contributed by atoms with van der Waals surface area (Å²) < 4.78 is 17.9. The number of hydrogen-bond donors (Lipinski definition) is 1. The summed E-state index contributed by atoms with van der Waals surface area (Å²) in [7, 11) is 0. The average Bonchev–Trinajstić information content (AvgIpc) is 3.53. The summed E-state index contributed by atoms with van der Waals surface area (Å²) in [5.74, 6) is -0.473. The smallest absolute Gasteiger partial charge is 0.331 e. The molecule has 0 amide bonds.